The monoisotopic (exact) mass is 385 g/mol. The molecule has 5 rings (SSSR count). The third kappa shape index (κ3) is 3.14. The van der Waals surface area contributed by atoms with E-state index in [-0.39, 0.29) is 17.9 Å². The lowest BCUT2D eigenvalue weighted by molar-refractivity contribution is 0.193. The number of H-pyrrole nitrogens is 1. The van der Waals surface area contributed by atoms with Crippen molar-refractivity contribution in [3.63, 3.8) is 0 Å². The highest BCUT2D eigenvalue weighted by molar-refractivity contribution is 5.91. The Morgan fingerprint density at radius 2 is 1.79 bits per heavy atom. The molecule has 2 N–H and O–H groups in total. The summed E-state index contributed by atoms with van der Waals surface area (Å²) in [4.78, 5) is 18.4. The van der Waals surface area contributed by atoms with Gasteiger partial charge in [-0.05, 0) is 47.9 Å². The largest absolute Gasteiger partial charge is 0.356 e. The van der Waals surface area contributed by atoms with E-state index in [4.69, 9.17) is 0 Å². The second-order valence-corrected chi connectivity index (χ2v) is 7.26. The number of aromatic nitrogens is 1. The third-order valence-electron chi connectivity index (χ3n) is 5.48. The average molecular weight is 385 g/mol. The maximum Gasteiger partial charge on any atom is 0.322 e. The molecule has 3 aromatic carbocycles. The molecule has 0 aliphatic carbocycles. The molecule has 1 aromatic heterocycles. The first kappa shape index (κ1) is 17.5. The van der Waals surface area contributed by atoms with Crippen LogP contribution < -0.4 is 5.32 Å². The van der Waals surface area contributed by atoms with Crippen LogP contribution in [0.5, 0.6) is 0 Å². The summed E-state index contributed by atoms with van der Waals surface area (Å²) < 4.78 is 14.0. The molecule has 0 fully saturated rings. The van der Waals surface area contributed by atoms with Crippen molar-refractivity contribution in [2.75, 3.05) is 11.9 Å². The van der Waals surface area contributed by atoms with Crippen LogP contribution in [-0.2, 0) is 6.42 Å². The Morgan fingerprint density at radius 3 is 2.62 bits per heavy atom. The molecule has 144 valence electrons. The van der Waals surface area contributed by atoms with Crippen molar-refractivity contribution in [3.05, 3.63) is 102 Å². The average Bonchev–Trinajstić information content (AvgIpc) is 3.12. The number of rotatable bonds is 2. The summed E-state index contributed by atoms with van der Waals surface area (Å²) in [6.45, 7) is 0.550. The normalized spacial score (nSPS) is 15.9. The predicted octanol–water partition coefficient (Wildman–Crippen LogP) is 5.49. The van der Waals surface area contributed by atoms with Crippen molar-refractivity contribution >= 4 is 22.6 Å². The summed E-state index contributed by atoms with van der Waals surface area (Å²) in [5.74, 6) is -0.311. The van der Waals surface area contributed by atoms with Crippen molar-refractivity contribution in [2.45, 2.75) is 12.5 Å². The molecule has 1 aliphatic heterocycles. The maximum atomic E-state index is 14.0. The van der Waals surface area contributed by atoms with Gasteiger partial charge in [0.25, 0.3) is 0 Å². The lowest BCUT2D eigenvalue weighted by atomic mass is 9.92. The highest BCUT2D eigenvalue weighted by atomic mass is 19.1. The van der Waals surface area contributed by atoms with Gasteiger partial charge in [0.05, 0.1) is 6.04 Å². The molecule has 4 nitrogen and oxygen atoms in total. The van der Waals surface area contributed by atoms with Crippen molar-refractivity contribution in [1.82, 2.24) is 9.88 Å². The van der Waals surface area contributed by atoms with E-state index in [0.717, 1.165) is 34.3 Å². The van der Waals surface area contributed by atoms with Crippen LogP contribution in [0.1, 0.15) is 22.9 Å². The van der Waals surface area contributed by atoms with E-state index in [2.05, 4.69) is 16.4 Å². The van der Waals surface area contributed by atoms with Gasteiger partial charge in [0.2, 0.25) is 0 Å². The van der Waals surface area contributed by atoms with Crippen molar-refractivity contribution in [2.24, 2.45) is 0 Å². The summed E-state index contributed by atoms with van der Waals surface area (Å²) in [6, 6.07) is 23.4. The van der Waals surface area contributed by atoms with Gasteiger partial charge in [-0.1, -0.05) is 48.5 Å². The predicted molar refractivity (Wildman–Crippen MR) is 112 cm³/mol. The van der Waals surface area contributed by atoms with E-state index in [9.17, 15) is 9.18 Å². The summed E-state index contributed by atoms with van der Waals surface area (Å²) in [6.07, 6.45) is 0.743. The van der Waals surface area contributed by atoms with E-state index in [1.54, 1.807) is 11.0 Å². The Morgan fingerprint density at radius 1 is 1.00 bits per heavy atom. The summed E-state index contributed by atoms with van der Waals surface area (Å²) in [7, 11) is 0. The number of para-hydroxylation sites is 2. The summed E-state index contributed by atoms with van der Waals surface area (Å²) >= 11 is 0. The van der Waals surface area contributed by atoms with E-state index in [1.165, 1.54) is 17.7 Å². The van der Waals surface area contributed by atoms with Gasteiger partial charge in [-0.2, -0.15) is 0 Å². The number of carbonyl (C=O) groups is 1. The molecular formula is C24H20FN3O. The number of urea groups is 1. The zero-order valence-corrected chi connectivity index (χ0v) is 15.7. The van der Waals surface area contributed by atoms with E-state index < -0.39 is 0 Å². The van der Waals surface area contributed by atoms with Crippen molar-refractivity contribution in [1.29, 1.82) is 0 Å². The molecule has 0 saturated heterocycles. The minimum absolute atomic E-state index is 0.199. The van der Waals surface area contributed by atoms with E-state index >= 15 is 0 Å². The standard InChI is InChI=1S/C24H20FN3O/c25-17-8-6-7-16(15-17)23-22-20(19-11-4-5-12-21(19)27-22)13-14-28(23)24(29)26-18-9-2-1-3-10-18/h1-12,15,23,27H,13-14H2,(H,26,29). The number of hydrogen-bond donors (Lipinski definition) is 2. The van der Waals surface area contributed by atoms with Gasteiger partial charge in [-0.3, -0.25) is 0 Å². The van der Waals surface area contributed by atoms with E-state index in [0.29, 0.717) is 6.54 Å². The third-order valence-corrected chi connectivity index (χ3v) is 5.48. The fraction of sp³-hybridized carbons (Fsp3) is 0.125. The molecular weight excluding hydrogens is 365 g/mol. The van der Waals surface area contributed by atoms with Gasteiger partial charge >= 0.3 is 6.03 Å². The second kappa shape index (κ2) is 7.09. The second-order valence-electron chi connectivity index (χ2n) is 7.26. The van der Waals surface area contributed by atoms with Crippen LogP contribution in [0.4, 0.5) is 14.9 Å². The fourth-order valence-electron chi connectivity index (χ4n) is 4.20. The quantitative estimate of drug-likeness (QED) is 0.471. The van der Waals surface area contributed by atoms with Gasteiger partial charge in [0, 0.05) is 28.8 Å². The summed E-state index contributed by atoms with van der Waals surface area (Å²) in [5.41, 5.74) is 4.66. The van der Waals surface area contributed by atoms with E-state index in [1.807, 2.05) is 54.6 Å². The minimum Gasteiger partial charge on any atom is -0.356 e. The molecule has 4 aromatic rings. The van der Waals surface area contributed by atoms with Crippen molar-refractivity contribution in [3.8, 4) is 0 Å². The van der Waals surface area contributed by atoms with Gasteiger partial charge in [-0.25, -0.2) is 9.18 Å². The van der Waals surface area contributed by atoms with Crippen LogP contribution in [0.25, 0.3) is 10.9 Å². The lowest BCUT2D eigenvalue weighted by Gasteiger charge is -2.36. The number of nitrogens with zero attached hydrogens (tertiary/aromatic N) is 1. The molecule has 2 heterocycles. The number of hydrogen-bond acceptors (Lipinski definition) is 1. The molecule has 0 spiro atoms. The molecule has 1 atom stereocenters. The highest BCUT2D eigenvalue weighted by Gasteiger charge is 2.34. The molecule has 0 radical (unpaired) electrons. The summed E-state index contributed by atoms with van der Waals surface area (Å²) in [5, 5.41) is 4.13. The Labute approximate surface area is 168 Å². The lowest BCUT2D eigenvalue weighted by Crippen LogP contribution is -2.43. The van der Waals surface area contributed by atoms with Gasteiger partial charge < -0.3 is 15.2 Å². The molecule has 0 saturated carbocycles. The maximum absolute atomic E-state index is 14.0. The van der Waals surface area contributed by atoms with Crippen LogP contribution in [0.2, 0.25) is 0 Å². The number of carbonyl (C=O) groups excluding carboxylic acids is 1. The molecule has 2 amide bonds. The Hall–Kier alpha value is -3.60. The number of amides is 2. The number of halogens is 1. The Bertz CT molecular complexity index is 1190. The Kier molecular flexibility index (Phi) is 4.28. The topological polar surface area (TPSA) is 48.1 Å². The van der Waals surface area contributed by atoms with Gasteiger partial charge in [0.15, 0.2) is 0 Å². The number of benzene rings is 3. The van der Waals surface area contributed by atoms with Gasteiger partial charge in [0.1, 0.15) is 5.82 Å². The van der Waals surface area contributed by atoms with Crippen LogP contribution in [-0.4, -0.2) is 22.5 Å². The van der Waals surface area contributed by atoms with Gasteiger partial charge in [-0.15, -0.1) is 0 Å². The van der Waals surface area contributed by atoms with Crippen LogP contribution >= 0.6 is 0 Å². The Balaban J connectivity index is 1.60. The number of fused-ring (bicyclic) bond motifs is 3. The number of nitrogens with one attached hydrogen (secondary N) is 2. The SMILES string of the molecule is O=C(Nc1ccccc1)N1CCc2c([nH]c3ccccc23)C1c1cccc(F)c1. The molecule has 0 bridgehead atoms. The molecule has 1 aliphatic rings. The minimum atomic E-state index is -0.384. The fourth-order valence-corrected chi connectivity index (χ4v) is 4.20. The van der Waals surface area contributed by atoms with Crippen LogP contribution in [0.3, 0.4) is 0 Å². The van der Waals surface area contributed by atoms with Crippen LogP contribution in [0, 0.1) is 5.82 Å². The molecule has 5 heteroatoms. The highest BCUT2D eigenvalue weighted by Crippen LogP contribution is 2.38. The first-order chi connectivity index (χ1) is 14.2. The zero-order valence-electron chi connectivity index (χ0n) is 15.7. The molecule has 1 unspecified atom stereocenters. The van der Waals surface area contributed by atoms with Crippen molar-refractivity contribution < 1.29 is 9.18 Å². The smallest absolute Gasteiger partial charge is 0.322 e. The molecule has 29 heavy (non-hydrogen) atoms. The zero-order chi connectivity index (χ0) is 19.8. The number of anilines is 1. The first-order valence-corrected chi connectivity index (χ1v) is 9.68. The number of aromatic amines is 1. The first-order valence-electron chi connectivity index (χ1n) is 9.68. The van der Waals surface area contributed by atoms with Crippen LogP contribution in [0.15, 0.2) is 78.9 Å².